The van der Waals surface area contributed by atoms with Crippen LogP contribution in [-0.4, -0.2) is 32.5 Å². The minimum Gasteiger partial charge on any atom is -0.290 e. The molecule has 0 N–H and O–H groups in total. The standard InChI is InChI=1S/C17H11F7N2OS2/c1-8(9-5-3-2-4-6-9)26-11(10(18)7-25-26)12(27)15-28-13(16(19,20)21)14(29-15)17(22,23)24/h2-8,15H,1H3/t8-/m1/s1. The van der Waals surface area contributed by atoms with Crippen molar-refractivity contribution in [3.8, 4) is 0 Å². The lowest BCUT2D eigenvalue weighted by molar-refractivity contribution is -0.103. The predicted octanol–water partition coefficient (Wildman–Crippen LogP) is 5.96. The maximum Gasteiger partial charge on any atom is 0.423 e. The summed E-state index contributed by atoms with van der Waals surface area (Å²) in [5.41, 5.74) is -0.0437. The van der Waals surface area contributed by atoms with Crippen LogP contribution < -0.4 is 0 Å². The van der Waals surface area contributed by atoms with E-state index in [0.717, 1.165) is 4.68 Å². The summed E-state index contributed by atoms with van der Waals surface area (Å²) in [6.45, 7) is 1.58. The fourth-order valence-electron chi connectivity index (χ4n) is 2.69. The van der Waals surface area contributed by atoms with E-state index in [1.807, 2.05) is 0 Å². The van der Waals surface area contributed by atoms with E-state index in [0.29, 0.717) is 11.8 Å². The molecule has 0 bridgehead atoms. The minimum absolute atomic E-state index is 0.276. The Bertz CT molecular complexity index is 925. The van der Waals surface area contributed by atoms with Crippen molar-refractivity contribution in [3.63, 3.8) is 0 Å². The molecule has 0 radical (unpaired) electrons. The van der Waals surface area contributed by atoms with Crippen LogP contribution >= 0.6 is 23.5 Å². The zero-order chi connectivity index (χ0) is 21.6. The third-order valence-electron chi connectivity index (χ3n) is 4.02. The van der Waals surface area contributed by atoms with Crippen molar-refractivity contribution < 1.29 is 35.5 Å². The molecule has 12 heteroatoms. The fourth-order valence-corrected chi connectivity index (χ4v) is 5.33. The van der Waals surface area contributed by atoms with Crippen LogP contribution in [0.5, 0.6) is 0 Å². The van der Waals surface area contributed by atoms with Gasteiger partial charge in [0, 0.05) is 0 Å². The summed E-state index contributed by atoms with van der Waals surface area (Å²) >= 11 is -0.552. The molecule has 0 amide bonds. The molecule has 3 nitrogen and oxygen atoms in total. The number of rotatable bonds is 4. The van der Waals surface area contributed by atoms with E-state index in [2.05, 4.69) is 5.10 Å². The normalized spacial score (nSPS) is 17.1. The van der Waals surface area contributed by atoms with Crippen LogP contribution in [0.2, 0.25) is 0 Å². The summed E-state index contributed by atoms with van der Waals surface area (Å²) in [7, 11) is 0. The number of nitrogens with zero attached hydrogens (tertiary/aromatic N) is 2. The largest absolute Gasteiger partial charge is 0.423 e. The van der Waals surface area contributed by atoms with Gasteiger partial charge in [-0.2, -0.15) is 31.4 Å². The molecule has 2 heterocycles. The molecule has 1 aliphatic heterocycles. The molecule has 0 saturated heterocycles. The number of aromatic nitrogens is 2. The van der Waals surface area contributed by atoms with Gasteiger partial charge in [-0.15, -0.1) is 0 Å². The van der Waals surface area contributed by atoms with Crippen LogP contribution in [0.4, 0.5) is 30.7 Å². The summed E-state index contributed by atoms with van der Waals surface area (Å²) in [5, 5.41) is 3.76. The zero-order valence-electron chi connectivity index (χ0n) is 14.4. The summed E-state index contributed by atoms with van der Waals surface area (Å²) in [4.78, 5) is 8.91. The first-order valence-corrected chi connectivity index (χ1v) is 9.71. The molecule has 1 aromatic carbocycles. The average Bonchev–Trinajstić information content (AvgIpc) is 3.25. The van der Waals surface area contributed by atoms with Gasteiger partial charge in [0.15, 0.2) is 5.82 Å². The summed E-state index contributed by atoms with van der Waals surface area (Å²) in [5.74, 6) is -2.33. The van der Waals surface area contributed by atoms with Gasteiger partial charge >= 0.3 is 12.4 Å². The number of benzene rings is 1. The van der Waals surface area contributed by atoms with Crippen LogP contribution in [0.3, 0.4) is 0 Å². The van der Waals surface area contributed by atoms with E-state index in [4.69, 9.17) is 0 Å². The van der Waals surface area contributed by atoms with Crippen molar-refractivity contribution in [2.45, 2.75) is 29.9 Å². The zero-order valence-corrected chi connectivity index (χ0v) is 16.0. The highest BCUT2D eigenvalue weighted by Gasteiger charge is 2.53. The fraction of sp³-hybridized carbons (Fsp3) is 0.294. The highest BCUT2D eigenvalue weighted by atomic mass is 32.2. The van der Waals surface area contributed by atoms with Gasteiger partial charge < -0.3 is 0 Å². The monoisotopic (exact) mass is 456 g/mol. The number of thioether (sulfide) groups is 2. The quantitative estimate of drug-likeness (QED) is 0.420. The third kappa shape index (κ3) is 4.32. The van der Waals surface area contributed by atoms with Crippen LogP contribution in [-0.2, 0) is 0 Å². The van der Waals surface area contributed by atoms with Gasteiger partial charge in [0.2, 0.25) is 5.78 Å². The highest BCUT2D eigenvalue weighted by Crippen LogP contribution is 2.57. The number of alkyl halides is 6. The van der Waals surface area contributed by atoms with Crippen molar-refractivity contribution in [1.29, 1.82) is 0 Å². The Hall–Kier alpha value is -1.95. The number of carbonyl (C=O) groups excluding carboxylic acids is 1. The lowest BCUT2D eigenvalue weighted by Crippen LogP contribution is -2.22. The SMILES string of the molecule is C[C@H](c1ccccc1)n1ncc(F)c1C(=O)C1SC(C(F)(F)F)=C(C(F)(F)F)S1. The molecule has 1 aliphatic rings. The number of allylic oxidation sites excluding steroid dienone is 2. The smallest absolute Gasteiger partial charge is 0.290 e. The van der Waals surface area contributed by atoms with E-state index in [1.165, 1.54) is 0 Å². The Morgan fingerprint density at radius 2 is 1.55 bits per heavy atom. The molecule has 0 spiro atoms. The Morgan fingerprint density at radius 1 is 1.03 bits per heavy atom. The van der Waals surface area contributed by atoms with Gasteiger partial charge in [-0.3, -0.25) is 9.48 Å². The number of ketones is 1. The van der Waals surface area contributed by atoms with Gasteiger partial charge in [-0.25, -0.2) is 4.39 Å². The highest BCUT2D eigenvalue weighted by molar-refractivity contribution is 8.24. The van der Waals surface area contributed by atoms with Crippen LogP contribution in [0, 0.1) is 5.82 Å². The molecular weight excluding hydrogens is 445 g/mol. The number of hydrogen-bond acceptors (Lipinski definition) is 4. The first kappa shape index (κ1) is 21.8. The molecule has 0 fully saturated rings. The van der Waals surface area contributed by atoms with E-state index in [-0.39, 0.29) is 23.5 Å². The number of Topliss-reactive ketones (excluding diaryl/α,β-unsaturated/α-hetero) is 1. The third-order valence-corrected chi connectivity index (χ3v) is 6.92. The Labute approximate surface area is 168 Å². The van der Waals surface area contributed by atoms with E-state index < -0.39 is 50.1 Å². The Morgan fingerprint density at radius 3 is 2.03 bits per heavy atom. The van der Waals surface area contributed by atoms with Crippen molar-refractivity contribution in [2.24, 2.45) is 0 Å². The van der Waals surface area contributed by atoms with Crippen molar-refractivity contribution in [3.05, 3.63) is 63.4 Å². The van der Waals surface area contributed by atoms with Gasteiger partial charge in [0.25, 0.3) is 0 Å². The van der Waals surface area contributed by atoms with E-state index >= 15 is 0 Å². The van der Waals surface area contributed by atoms with Crippen LogP contribution in [0.25, 0.3) is 0 Å². The molecule has 2 aromatic rings. The van der Waals surface area contributed by atoms with Crippen molar-refractivity contribution in [2.75, 3.05) is 0 Å². The first-order valence-electron chi connectivity index (χ1n) is 7.95. The molecule has 0 saturated carbocycles. The first-order chi connectivity index (χ1) is 13.4. The second-order valence-electron chi connectivity index (χ2n) is 5.96. The maximum atomic E-state index is 14.3. The minimum atomic E-state index is -5.28. The van der Waals surface area contributed by atoms with Gasteiger partial charge in [-0.1, -0.05) is 53.9 Å². The summed E-state index contributed by atoms with van der Waals surface area (Å²) in [6.07, 6.45) is -9.86. The lowest BCUT2D eigenvalue weighted by atomic mass is 10.1. The number of hydrogen-bond donors (Lipinski definition) is 0. The van der Waals surface area contributed by atoms with Crippen molar-refractivity contribution >= 4 is 29.3 Å². The molecular formula is C17H11F7N2OS2. The second kappa shape index (κ2) is 7.71. The lowest BCUT2D eigenvalue weighted by Gasteiger charge is -2.17. The predicted molar refractivity (Wildman–Crippen MR) is 94.9 cm³/mol. The number of halogens is 7. The second-order valence-corrected chi connectivity index (χ2v) is 8.49. The van der Waals surface area contributed by atoms with Crippen LogP contribution in [0.1, 0.15) is 29.0 Å². The summed E-state index contributed by atoms with van der Waals surface area (Å²) in [6, 6.07) is 7.76. The molecule has 0 unspecified atom stereocenters. The number of carbonyl (C=O) groups is 1. The van der Waals surface area contributed by atoms with Gasteiger partial charge in [-0.05, 0) is 12.5 Å². The molecule has 1 aromatic heterocycles. The molecule has 156 valence electrons. The van der Waals surface area contributed by atoms with E-state index in [9.17, 15) is 35.5 Å². The molecule has 1 atom stereocenters. The topological polar surface area (TPSA) is 34.9 Å². The Balaban J connectivity index is 1.94. The summed E-state index contributed by atoms with van der Waals surface area (Å²) < 4.78 is 91.6. The molecule has 29 heavy (non-hydrogen) atoms. The van der Waals surface area contributed by atoms with Crippen molar-refractivity contribution in [1.82, 2.24) is 9.78 Å². The van der Waals surface area contributed by atoms with E-state index in [1.54, 1.807) is 37.3 Å². The molecule has 3 rings (SSSR count). The van der Waals surface area contributed by atoms with Gasteiger partial charge in [0.1, 0.15) is 20.1 Å². The average molecular weight is 456 g/mol. The van der Waals surface area contributed by atoms with Crippen LogP contribution in [0.15, 0.2) is 46.3 Å². The molecule has 0 aliphatic carbocycles. The van der Waals surface area contributed by atoms with Gasteiger partial charge in [0.05, 0.1) is 12.2 Å². The Kier molecular flexibility index (Phi) is 5.78. The maximum absolute atomic E-state index is 14.3.